The molecule has 6 nitrogen and oxygen atoms in total. The Balaban J connectivity index is 1.38. The second kappa shape index (κ2) is 6.94. The summed E-state index contributed by atoms with van der Waals surface area (Å²) < 4.78 is 0. The number of aliphatic hydroxyl groups excluding tert-OH is 1. The molecule has 3 fully saturated rings. The third-order valence-electron chi connectivity index (χ3n) is 5.79. The first-order valence-corrected chi connectivity index (χ1v) is 9.41. The van der Waals surface area contributed by atoms with Crippen LogP contribution in [0, 0.1) is 0 Å². The predicted octanol–water partition coefficient (Wildman–Crippen LogP) is 1.11. The smallest absolute Gasteiger partial charge is 0.225 e. The largest absolute Gasteiger partial charge is 0.392 e. The van der Waals surface area contributed by atoms with Crippen LogP contribution in [0.2, 0.25) is 0 Å². The number of hydrogen-bond donors (Lipinski definition) is 1. The van der Waals surface area contributed by atoms with Gasteiger partial charge in [0, 0.05) is 69.3 Å². The zero-order valence-corrected chi connectivity index (χ0v) is 14.6. The zero-order chi connectivity index (χ0) is 16.5. The second-order valence-corrected chi connectivity index (χ2v) is 7.71. The van der Waals surface area contributed by atoms with E-state index in [4.69, 9.17) is 0 Å². The van der Waals surface area contributed by atoms with Crippen molar-refractivity contribution in [2.45, 2.75) is 57.3 Å². The molecule has 132 valence electrons. The first kappa shape index (κ1) is 16.2. The van der Waals surface area contributed by atoms with E-state index in [1.165, 1.54) is 24.8 Å². The van der Waals surface area contributed by atoms with Crippen LogP contribution in [0.1, 0.15) is 38.2 Å². The van der Waals surface area contributed by atoms with E-state index in [-0.39, 0.29) is 6.10 Å². The normalized spacial score (nSPS) is 32.1. The number of anilines is 1. The Morgan fingerprint density at radius 3 is 2.58 bits per heavy atom. The van der Waals surface area contributed by atoms with Gasteiger partial charge in [-0.15, -0.1) is 0 Å². The van der Waals surface area contributed by atoms with Gasteiger partial charge in [0.1, 0.15) is 0 Å². The van der Waals surface area contributed by atoms with Gasteiger partial charge in [-0.25, -0.2) is 9.97 Å². The van der Waals surface area contributed by atoms with Gasteiger partial charge in [0.15, 0.2) is 0 Å². The van der Waals surface area contributed by atoms with Gasteiger partial charge >= 0.3 is 0 Å². The molecule has 4 heterocycles. The highest BCUT2D eigenvalue weighted by atomic mass is 16.3. The monoisotopic (exact) mass is 331 g/mol. The fourth-order valence-corrected chi connectivity index (χ4v) is 4.42. The average molecular weight is 331 g/mol. The minimum absolute atomic E-state index is 0.144. The second-order valence-electron chi connectivity index (χ2n) is 7.71. The van der Waals surface area contributed by atoms with E-state index in [1.807, 2.05) is 12.4 Å². The maximum Gasteiger partial charge on any atom is 0.225 e. The van der Waals surface area contributed by atoms with Crippen molar-refractivity contribution in [1.82, 2.24) is 19.8 Å². The molecule has 0 radical (unpaired) electrons. The number of aliphatic hydroxyl groups is 1. The lowest BCUT2D eigenvalue weighted by Crippen LogP contribution is -2.54. The van der Waals surface area contributed by atoms with Gasteiger partial charge in [-0.05, 0) is 32.6 Å². The van der Waals surface area contributed by atoms with E-state index in [0.29, 0.717) is 12.1 Å². The van der Waals surface area contributed by atoms with E-state index < -0.39 is 0 Å². The Labute approximate surface area is 144 Å². The summed E-state index contributed by atoms with van der Waals surface area (Å²) in [5, 5.41) is 9.89. The Morgan fingerprint density at radius 2 is 1.83 bits per heavy atom. The van der Waals surface area contributed by atoms with Gasteiger partial charge in [0.2, 0.25) is 5.95 Å². The molecule has 4 rings (SSSR count). The lowest BCUT2D eigenvalue weighted by Gasteiger charge is -2.42. The van der Waals surface area contributed by atoms with Crippen molar-refractivity contribution in [3.8, 4) is 0 Å². The molecule has 1 aromatic rings. The molecular weight excluding hydrogens is 302 g/mol. The highest BCUT2D eigenvalue weighted by molar-refractivity contribution is 5.30. The predicted molar refractivity (Wildman–Crippen MR) is 94.0 cm³/mol. The number of fused-ring (bicyclic) bond motifs is 1. The Morgan fingerprint density at radius 1 is 1.08 bits per heavy atom. The molecule has 0 aliphatic carbocycles. The molecule has 0 aromatic carbocycles. The molecule has 1 N–H and O–H groups in total. The summed E-state index contributed by atoms with van der Waals surface area (Å²) in [6.45, 7) is 8.29. The molecule has 0 amide bonds. The first-order chi connectivity index (χ1) is 11.7. The van der Waals surface area contributed by atoms with Gasteiger partial charge in [0.25, 0.3) is 0 Å². The third kappa shape index (κ3) is 3.41. The summed E-state index contributed by atoms with van der Waals surface area (Å²) in [4.78, 5) is 16.5. The Hall–Kier alpha value is -1.24. The Kier molecular flexibility index (Phi) is 4.70. The Bertz CT molecular complexity index is 545. The van der Waals surface area contributed by atoms with Crippen LogP contribution in [0.3, 0.4) is 0 Å². The summed E-state index contributed by atoms with van der Waals surface area (Å²) in [7, 11) is 0. The SMILES string of the molecule is C[C@H]1CN2C[C@H](O)C[C@H]2CN1Cc1cnc(N2CCCCC2)nc1. The lowest BCUT2D eigenvalue weighted by molar-refractivity contribution is 0.0527. The van der Waals surface area contributed by atoms with E-state index >= 15 is 0 Å². The van der Waals surface area contributed by atoms with Gasteiger partial charge < -0.3 is 10.0 Å². The van der Waals surface area contributed by atoms with Crippen LogP contribution in [0.5, 0.6) is 0 Å². The van der Waals surface area contributed by atoms with Crippen LogP contribution in [0.25, 0.3) is 0 Å². The molecule has 3 atom stereocenters. The van der Waals surface area contributed by atoms with Crippen molar-refractivity contribution in [3.05, 3.63) is 18.0 Å². The molecular formula is C18H29N5O. The average Bonchev–Trinajstić information content (AvgIpc) is 2.95. The van der Waals surface area contributed by atoms with Gasteiger partial charge in [-0.1, -0.05) is 0 Å². The van der Waals surface area contributed by atoms with Crippen LogP contribution in [0.15, 0.2) is 12.4 Å². The van der Waals surface area contributed by atoms with Gasteiger partial charge in [-0.2, -0.15) is 0 Å². The van der Waals surface area contributed by atoms with Gasteiger partial charge in [-0.3, -0.25) is 9.80 Å². The maximum atomic E-state index is 9.89. The third-order valence-corrected chi connectivity index (χ3v) is 5.79. The number of hydrogen-bond acceptors (Lipinski definition) is 6. The maximum absolute atomic E-state index is 9.89. The zero-order valence-electron chi connectivity index (χ0n) is 14.6. The summed E-state index contributed by atoms with van der Waals surface area (Å²) >= 11 is 0. The van der Waals surface area contributed by atoms with Crippen LogP contribution in [0.4, 0.5) is 5.95 Å². The molecule has 0 saturated carbocycles. The van der Waals surface area contributed by atoms with Crippen LogP contribution in [-0.2, 0) is 6.54 Å². The van der Waals surface area contributed by atoms with Crippen molar-refractivity contribution in [2.75, 3.05) is 37.6 Å². The van der Waals surface area contributed by atoms with Gasteiger partial charge in [0.05, 0.1) is 6.10 Å². The number of nitrogens with zero attached hydrogens (tertiary/aromatic N) is 5. The molecule has 0 bridgehead atoms. The fraction of sp³-hybridized carbons (Fsp3) is 0.778. The molecule has 24 heavy (non-hydrogen) atoms. The van der Waals surface area contributed by atoms with Crippen molar-refractivity contribution >= 4 is 5.95 Å². The number of piperidine rings is 1. The van der Waals surface area contributed by atoms with Crippen LogP contribution >= 0.6 is 0 Å². The molecule has 1 aromatic heterocycles. The van der Waals surface area contributed by atoms with Crippen LogP contribution in [-0.4, -0.2) is 75.8 Å². The standard InChI is InChI=1S/C18H29N5O/c1-14-10-23-13-17(24)7-16(23)12-22(14)11-15-8-19-18(20-9-15)21-5-3-2-4-6-21/h8-9,14,16-17,24H,2-7,10-13H2,1H3/t14-,16-,17+/m0/s1. The lowest BCUT2D eigenvalue weighted by atomic mass is 10.1. The van der Waals surface area contributed by atoms with Crippen molar-refractivity contribution < 1.29 is 5.11 Å². The summed E-state index contributed by atoms with van der Waals surface area (Å²) in [5.74, 6) is 0.884. The molecule has 3 aliphatic rings. The molecule has 0 spiro atoms. The minimum Gasteiger partial charge on any atom is -0.392 e. The number of aromatic nitrogens is 2. The first-order valence-electron chi connectivity index (χ1n) is 9.41. The highest BCUT2D eigenvalue weighted by Gasteiger charge is 2.38. The fourth-order valence-electron chi connectivity index (χ4n) is 4.42. The number of rotatable bonds is 3. The van der Waals surface area contributed by atoms with E-state index in [1.54, 1.807) is 0 Å². The molecule has 3 saturated heterocycles. The topological polar surface area (TPSA) is 55.7 Å². The van der Waals surface area contributed by atoms with Crippen LogP contribution < -0.4 is 4.90 Å². The summed E-state index contributed by atoms with van der Waals surface area (Å²) in [6.07, 6.45) is 8.59. The quantitative estimate of drug-likeness (QED) is 0.895. The summed E-state index contributed by atoms with van der Waals surface area (Å²) in [6, 6.07) is 1.01. The van der Waals surface area contributed by atoms with Crippen molar-refractivity contribution in [2.24, 2.45) is 0 Å². The molecule has 3 aliphatic heterocycles. The minimum atomic E-state index is -0.144. The molecule has 0 unspecified atom stereocenters. The molecule has 6 heteroatoms. The van der Waals surface area contributed by atoms with Crippen molar-refractivity contribution in [1.29, 1.82) is 0 Å². The van der Waals surface area contributed by atoms with E-state index in [2.05, 4.69) is 31.6 Å². The number of piperazine rings is 1. The van der Waals surface area contributed by atoms with E-state index in [0.717, 1.165) is 51.6 Å². The highest BCUT2D eigenvalue weighted by Crippen LogP contribution is 2.26. The summed E-state index contributed by atoms with van der Waals surface area (Å²) in [5.41, 5.74) is 1.19. The van der Waals surface area contributed by atoms with Crippen molar-refractivity contribution in [3.63, 3.8) is 0 Å². The van der Waals surface area contributed by atoms with E-state index in [9.17, 15) is 5.11 Å².